The highest BCUT2D eigenvalue weighted by atomic mass is 79.9. The van der Waals surface area contributed by atoms with Crippen LogP contribution in [0.25, 0.3) is 0 Å². The van der Waals surface area contributed by atoms with Crippen molar-refractivity contribution < 1.29 is 15.0 Å². The van der Waals surface area contributed by atoms with Crippen molar-refractivity contribution >= 4 is 43.6 Å². The number of halogens is 2. The van der Waals surface area contributed by atoms with Crippen molar-refractivity contribution in [3.8, 4) is 5.75 Å². The zero-order valence-electron chi connectivity index (χ0n) is 15.1. The van der Waals surface area contributed by atoms with Crippen molar-refractivity contribution in [2.24, 2.45) is 7.05 Å². The monoisotopic (exact) mass is 417 g/mol. The minimum atomic E-state index is -2.74. The molecule has 1 aromatic carbocycles. The SMILES string of the molecule is [2H]C1([2H])Oc2cnn(C)c2N(C(=O)c2cc(Br)c(C)c(Br)c2)C1([2H])[2H]. The van der Waals surface area contributed by atoms with Gasteiger partial charge in [0, 0.05) is 21.6 Å². The minimum absolute atomic E-state index is 0.00113. The van der Waals surface area contributed by atoms with Gasteiger partial charge in [-0.1, -0.05) is 31.9 Å². The summed E-state index contributed by atoms with van der Waals surface area (Å²) in [4.78, 5) is 13.9. The number of anilines is 1. The van der Waals surface area contributed by atoms with Gasteiger partial charge in [0.25, 0.3) is 5.91 Å². The zero-order valence-corrected chi connectivity index (χ0v) is 14.3. The van der Waals surface area contributed by atoms with Crippen LogP contribution in [0.2, 0.25) is 0 Å². The van der Waals surface area contributed by atoms with Crippen LogP contribution < -0.4 is 9.64 Å². The molecule has 0 spiro atoms. The number of aryl methyl sites for hydroxylation is 1. The van der Waals surface area contributed by atoms with Gasteiger partial charge in [-0.2, -0.15) is 5.10 Å². The number of amides is 1. The highest BCUT2D eigenvalue weighted by Gasteiger charge is 2.28. The van der Waals surface area contributed by atoms with Gasteiger partial charge in [-0.15, -0.1) is 0 Å². The van der Waals surface area contributed by atoms with Crippen LogP contribution in [0, 0.1) is 6.92 Å². The number of ether oxygens (including phenoxy) is 1. The molecular weight excluding hydrogens is 402 g/mol. The molecule has 7 heteroatoms. The number of hydrogen-bond acceptors (Lipinski definition) is 3. The third-order valence-corrected chi connectivity index (χ3v) is 4.78. The van der Waals surface area contributed by atoms with Gasteiger partial charge >= 0.3 is 0 Å². The number of carbonyl (C=O) groups is 1. The number of rotatable bonds is 1. The fraction of sp³-hybridized carbons (Fsp3) is 0.286. The third-order valence-electron chi connectivity index (χ3n) is 3.14. The molecule has 1 aliphatic heterocycles. The van der Waals surface area contributed by atoms with E-state index in [0.29, 0.717) is 8.95 Å². The second kappa shape index (κ2) is 5.46. The molecular formula is C14H13Br2N3O2. The van der Waals surface area contributed by atoms with Gasteiger partial charge in [0.2, 0.25) is 0 Å². The number of fused-ring (bicyclic) bond motifs is 1. The van der Waals surface area contributed by atoms with Gasteiger partial charge in [-0.05, 0) is 24.6 Å². The van der Waals surface area contributed by atoms with Crippen LogP contribution in [0.3, 0.4) is 0 Å². The van der Waals surface area contributed by atoms with E-state index in [2.05, 4.69) is 37.0 Å². The Balaban J connectivity index is 2.20. The van der Waals surface area contributed by atoms with Gasteiger partial charge in [0.15, 0.2) is 11.6 Å². The van der Waals surface area contributed by atoms with Crippen LogP contribution in [0.5, 0.6) is 5.75 Å². The average molecular weight is 419 g/mol. The lowest BCUT2D eigenvalue weighted by atomic mass is 10.1. The normalized spacial score (nSPS) is 21.4. The summed E-state index contributed by atoms with van der Waals surface area (Å²) < 4.78 is 39.9. The molecule has 0 aliphatic carbocycles. The molecule has 0 unspecified atom stereocenters. The Hall–Kier alpha value is -1.34. The first-order valence-corrected chi connectivity index (χ1v) is 7.57. The van der Waals surface area contributed by atoms with Crippen LogP contribution >= 0.6 is 31.9 Å². The van der Waals surface area contributed by atoms with Crippen LogP contribution in [-0.4, -0.2) is 28.7 Å². The number of aromatic nitrogens is 2. The highest BCUT2D eigenvalue weighted by molar-refractivity contribution is 9.11. The van der Waals surface area contributed by atoms with E-state index in [4.69, 9.17) is 10.2 Å². The molecule has 1 aliphatic rings. The lowest BCUT2D eigenvalue weighted by Crippen LogP contribution is -2.39. The Labute approximate surface area is 144 Å². The Morgan fingerprint density at radius 3 is 2.76 bits per heavy atom. The highest BCUT2D eigenvalue weighted by Crippen LogP contribution is 2.33. The lowest BCUT2D eigenvalue weighted by Gasteiger charge is -2.27. The summed E-state index contributed by atoms with van der Waals surface area (Å²) in [6, 6.07) is 3.14. The van der Waals surface area contributed by atoms with E-state index < -0.39 is 19.0 Å². The zero-order chi connectivity index (χ0) is 18.7. The summed E-state index contributed by atoms with van der Waals surface area (Å²) in [5.74, 6) is -0.650. The van der Waals surface area contributed by atoms with E-state index in [0.717, 1.165) is 10.5 Å². The molecule has 0 fully saturated rings. The number of nitrogens with zero attached hydrogens (tertiary/aromatic N) is 3. The van der Waals surface area contributed by atoms with Crippen molar-refractivity contribution in [3.05, 3.63) is 38.4 Å². The molecule has 0 bridgehead atoms. The Kier molecular flexibility index (Phi) is 2.70. The fourth-order valence-corrected chi connectivity index (χ4v) is 3.15. The van der Waals surface area contributed by atoms with Crippen LogP contribution in [0.15, 0.2) is 27.3 Å². The molecule has 0 saturated carbocycles. The maximum Gasteiger partial charge on any atom is 0.259 e. The molecule has 5 nitrogen and oxygen atoms in total. The molecule has 0 atom stereocenters. The summed E-state index contributed by atoms with van der Waals surface area (Å²) in [6.45, 7) is -3.62. The quantitative estimate of drug-likeness (QED) is 0.713. The summed E-state index contributed by atoms with van der Waals surface area (Å²) in [5, 5.41) is 3.95. The number of benzene rings is 1. The maximum atomic E-state index is 13.1. The van der Waals surface area contributed by atoms with Gasteiger partial charge in [-0.3, -0.25) is 9.69 Å². The molecule has 0 saturated heterocycles. The molecule has 110 valence electrons. The van der Waals surface area contributed by atoms with E-state index in [9.17, 15) is 4.79 Å². The van der Waals surface area contributed by atoms with Crippen LogP contribution in [0.1, 0.15) is 21.4 Å². The van der Waals surface area contributed by atoms with Crippen LogP contribution in [-0.2, 0) is 7.05 Å². The molecule has 3 rings (SSSR count). The first-order chi connectivity index (χ1) is 11.5. The van der Waals surface area contributed by atoms with E-state index in [1.165, 1.54) is 17.9 Å². The average Bonchev–Trinajstić information content (AvgIpc) is 2.84. The first kappa shape index (κ1) is 10.4. The van der Waals surface area contributed by atoms with E-state index in [1.807, 2.05) is 6.92 Å². The topological polar surface area (TPSA) is 47.4 Å². The van der Waals surface area contributed by atoms with E-state index in [1.54, 1.807) is 12.1 Å². The van der Waals surface area contributed by atoms with Crippen molar-refractivity contribution in [2.45, 2.75) is 6.92 Å². The molecule has 21 heavy (non-hydrogen) atoms. The van der Waals surface area contributed by atoms with Crippen LogP contribution in [0.4, 0.5) is 5.82 Å². The standard InChI is InChI=1S/C14H13Br2N3O2/c1-8-10(15)5-9(6-11(8)16)14(20)19-3-4-21-12-7-17-18(2)13(12)19/h5-7H,3-4H2,1-2H3/i3D2,4D2. The van der Waals surface area contributed by atoms with Crippen molar-refractivity contribution in [3.63, 3.8) is 0 Å². The largest absolute Gasteiger partial charge is 0.486 e. The fourth-order valence-electron chi connectivity index (χ4n) is 1.96. The molecule has 1 aromatic heterocycles. The summed E-state index contributed by atoms with van der Waals surface area (Å²) >= 11 is 6.74. The number of carbonyl (C=O) groups excluding carboxylic acids is 1. The lowest BCUT2D eigenvalue weighted by molar-refractivity contribution is 0.0974. The van der Waals surface area contributed by atoms with Gasteiger partial charge in [-0.25, -0.2) is 4.68 Å². The van der Waals surface area contributed by atoms with E-state index >= 15 is 0 Å². The maximum absolute atomic E-state index is 13.1. The molecule has 0 radical (unpaired) electrons. The summed E-state index contributed by atoms with van der Waals surface area (Å²) in [6.07, 6.45) is 1.25. The predicted molar refractivity (Wildman–Crippen MR) is 87.0 cm³/mol. The van der Waals surface area contributed by atoms with Crippen molar-refractivity contribution in [1.29, 1.82) is 0 Å². The Morgan fingerprint density at radius 1 is 1.43 bits per heavy atom. The predicted octanol–water partition coefficient (Wildman–Crippen LogP) is 3.29. The molecule has 0 N–H and O–H groups in total. The summed E-state index contributed by atoms with van der Waals surface area (Å²) in [7, 11) is 1.53. The molecule has 1 amide bonds. The number of hydrogen-bond donors (Lipinski definition) is 0. The van der Waals surface area contributed by atoms with Gasteiger partial charge < -0.3 is 4.74 Å². The third kappa shape index (κ3) is 2.48. The Morgan fingerprint density at radius 2 is 2.10 bits per heavy atom. The molecule has 2 aromatic rings. The first-order valence-electron chi connectivity index (χ1n) is 7.98. The van der Waals surface area contributed by atoms with Gasteiger partial charge in [0.1, 0.15) is 6.56 Å². The minimum Gasteiger partial charge on any atom is -0.486 e. The summed E-state index contributed by atoms with van der Waals surface area (Å²) in [5.41, 5.74) is 1.08. The second-order valence-electron chi connectivity index (χ2n) is 4.48. The van der Waals surface area contributed by atoms with Gasteiger partial charge in [0.05, 0.1) is 18.2 Å². The Bertz CT molecular complexity index is 862. The van der Waals surface area contributed by atoms with Crippen molar-refractivity contribution in [2.75, 3.05) is 18.0 Å². The van der Waals surface area contributed by atoms with E-state index in [-0.39, 0.29) is 17.1 Å². The smallest absolute Gasteiger partial charge is 0.259 e. The van der Waals surface area contributed by atoms with Crippen molar-refractivity contribution in [1.82, 2.24) is 9.78 Å². The molecule has 2 heterocycles. The second-order valence-corrected chi connectivity index (χ2v) is 6.19.